The van der Waals surface area contributed by atoms with Crippen LogP contribution in [0.25, 0.3) is 0 Å². The van der Waals surface area contributed by atoms with Gasteiger partial charge < -0.3 is 5.73 Å². The maximum Gasteiger partial charge on any atom is 0.129 e. The summed E-state index contributed by atoms with van der Waals surface area (Å²) in [4.78, 5) is 0. The largest absolute Gasteiger partial charge is 0.320 e. The molecule has 2 N–H and O–H groups in total. The highest BCUT2D eigenvalue weighted by molar-refractivity contribution is 9.10. The Morgan fingerprint density at radius 1 is 1.16 bits per heavy atom. The Hall–Kier alpha value is -0.900. The first-order chi connectivity index (χ1) is 8.90. The Labute approximate surface area is 125 Å². The van der Waals surface area contributed by atoms with E-state index >= 15 is 0 Å². The molecule has 0 saturated carbocycles. The molecule has 2 aromatic carbocycles. The molecule has 0 aliphatic heterocycles. The molecular formula is C15H14BrClFN. The van der Waals surface area contributed by atoms with Crippen LogP contribution >= 0.6 is 27.5 Å². The van der Waals surface area contributed by atoms with Gasteiger partial charge in [0.2, 0.25) is 0 Å². The molecule has 0 heterocycles. The minimum Gasteiger partial charge on any atom is -0.320 e. The van der Waals surface area contributed by atoms with E-state index in [1.165, 1.54) is 6.07 Å². The summed E-state index contributed by atoms with van der Waals surface area (Å²) in [6, 6.07) is 8.01. The molecule has 1 atom stereocenters. The quantitative estimate of drug-likeness (QED) is 0.825. The number of hydrogen-bond donors (Lipinski definition) is 1. The van der Waals surface area contributed by atoms with Crippen molar-refractivity contribution in [2.75, 3.05) is 0 Å². The van der Waals surface area contributed by atoms with Crippen LogP contribution in [0.2, 0.25) is 5.02 Å². The topological polar surface area (TPSA) is 26.0 Å². The Kier molecular flexibility index (Phi) is 4.29. The summed E-state index contributed by atoms with van der Waals surface area (Å²) in [6.07, 6.45) is 0. The van der Waals surface area contributed by atoms with Crippen LogP contribution in [0.4, 0.5) is 4.39 Å². The Morgan fingerprint density at radius 3 is 2.26 bits per heavy atom. The van der Waals surface area contributed by atoms with Gasteiger partial charge in [0.15, 0.2) is 0 Å². The van der Waals surface area contributed by atoms with E-state index in [1.54, 1.807) is 12.1 Å². The highest BCUT2D eigenvalue weighted by atomic mass is 79.9. The molecule has 1 nitrogen and oxygen atoms in total. The summed E-state index contributed by atoms with van der Waals surface area (Å²) in [5.41, 5.74) is 9.66. The Balaban J connectivity index is 2.47. The summed E-state index contributed by atoms with van der Waals surface area (Å²) < 4.78 is 14.9. The molecule has 0 radical (unpaired) electrons. The lowest BCUT2D eigenvalue weighted by Crippen LogP contribution is -2.14. The number of halogens is 3. The van der Waals surface area contributed by atoms with Crippen LogP contribution in [0.3, 0.4) is 0 Å². The fraction of sp³-hybridized carbons (Fsp3) is 0.200. The predicted molar refractivity (Wildman–Crippen MR) is 81.1 cm³/mol. The van der Waals surface area contributed by atoms with Crippen LogP contribution < -0.4 is 5.73 Å². The number of nitrogens with two attached hydrogens (primary N) is 1. The first kappa shape index (κ1) is 14.5. The average molecular weight is 343 g/mol. The molecule has 100 valence electrons. The van der Waals surface area contributed by atoms with E-state index in [4.69, 9.17) is 17.3 Å². The van der Waals surface area contributed by atoms with E-state index < -0.39 is 6.04 Å². The molecule has 0 bridgehead atoms. The van der Waals surface area contributed by atoms with Crippen LogP contribution in [0.5, 0.6) is 0 Å². The summed E-state index contributed by atoms with van der Waals surface area (Å²) in [5.74, 6) is -0.377. The third-order valence-electron chi connectivity index (χ3n) is 3.12. The zero-order valence-electron chi connectivity index (χ0n) is 10.7. The molecule has 1 unspecified atom stereocenters. The first-order valence-corrected chi connectivity index (χ1v) is 7.04. The standard InChI is InChI=1S/C15H14BrClFN/c1-8-5-10(6-9(2)14(8)16)15(19)12-4-3-11(17)7-13(12)18/h3-7,15H,19H2,1-2H3. The van der Waals surface area contributed by atoms with Gasteiger partial charge in [0.1, 0.15) is 5.82 Å². The lowest BCUT2D eigenvalue weighted by atomic mass is 9.96. The molecule has 0 amide bonds. The van der Waals surface area contributed by atoms with Gasteiger partial charge in [-0.05, 0) is 42.7 Å². The van der Waals surface area contributed by atoms with E-state index in [0.717, 1.165) is 21.2 Å². The summed E-state index contributed by atoms with van der Waals surface area (Å²) in [6.45, 7) is 3.98. The second-order valence-electron chi connectivity index (χ2n) is 4.61. The van der Waals surface area contributed by atoms with Crippen molar-refractivity contribution in [1.82, 2.24) is 0 Å². The van der Waals surface area contributed by atoms with Crippen molar-refractivity contribution < 1.29 is 4.39 Å². The molecule has 2 rings (SSSR count). The smallest absolute Gasteiger partial charge is 0.129 e. The molecule has 0 saturated heterocycles. The normalized spacial score (nSPS) is 12.5. The molecule has 0 aliphatic rings. The molecule has 2 aromatic rings. The van der Waals surface area contributed by atoms with E-state index in [9.17, 15) is 4.39 Å². The van der Waals surface area contributed by atoms with Gasteiger partial charge in [-0.2, -0.15) is 0 Å². The highest BCUT2D eigenvalue weighted by Crippen LogP contribution is 2.29. The van der Waals surface area contributed by atoms with Gasteiger partial charge in [-0.3, -0.25) is 0 Å². The maximum absolute atomic E-state index is 13.9. The van der Waals surface area contributed by atoms with Gasteiger partial charge in [-0.25, -0.2) is 4.39 Å². The van der Waals surface area contributed by atoms with Crippen molar-refractivity contribution in [3.05, 3.63) is 67.9 Å². The van der Waals surface area contributed by atoms with Gasteiger partial charge in [0.25, 0.3) is 0 Å². The van der Waals surface area contributed by atoms with Gasteiger partial charge in [0.05, 0.1) is 6.04 Å². The molecule has 0 aliphatic carbocycles. The van der Waals surface area contributed by atoms with Crippen LogP contribution in [0.15, 0.2) is 34.8 Å². The van der Waals surface area contributed by atoms with Gasteiger partial charge in [-0.15, -0.1) is 0 Å². The van der Waals surface area contributed by atoms with Crippen molar-refractivity contribution in [3.8, 4) is 0 Å². The van der Waals surface area contributed by atoms with Crippen molar-refractivity contribution in [1.29, 1.82) is 0 Å². The summed E-state index contributed by atoms with van der Waals surface area (Å²) >= 11 is 9.26. The van der Waals surface area contributed by atoms with Crippen LogP contribution in [-0.4, -0.2) is 0 Å². The molecule has 0 spiro atoms. The Morgan fingerprint density at radius 2 is 1.74 bits per heavy atom. The monoisotopic (exact) mass is 341 g/mol. The summed E-state index contributed by atoms with van der Waals surface area (Å²) in [5, 5.41) is 0.372. The second-order valence-corrected chi connectivity index (χ2v) is 5.84. The number of rotatable bonds is 2. The van der Waals surface area contributed by atoms with Gasteiger partial charge >= 0.3 is 0 Å². The van der Waals surface area contributed by atoms with Crippen LogP contribution in [-0.2, 0) is 0 Å². The van der Waals surface area contributed by atoms with Gasteiger partial charge in [-0.1, -0.05) is 45.7 Å². The fourth-order valence-corrected chi connectivity index (χ4v) is 2.48. The van der Waals surface area contributed by atoms with E-state index in [0.29, 0.717) is 10.6 Å². The first-order valence-electron chi connectivity index (χ1n) is 5.87. The lowest BCUT2D eigenvalue weighted by molar-refractivity contribution is 0.599. The number of benzene rings is 2. The van der Waals surface area contributed by atoms with Crippen molar-refractivity contribution in [3.63, 3.8) is 0 Å². The summed E-state index contributed by atoms with van der Waals surface area (Å²) in [7, 11) is 0. The predicted octanol–water partition coefficient (Wildman–Crippen LogP) is 4.91. The second kappa shape index (κ2) is 5.61. The van der Waals surface area contributed by atoms with Crippen LogP contribution in [0.1, 0.15) is 28.3 Å². The van der Waals surface area contributed by atoms with Crippen LogP contribution in [0, 0.1) is 19.7 Å². The lowest BCUT2D eigenvalue weighted by Gasteiger charge is -2.16. The maximum atomic E-state index is 13.9. The molecule has 0 aromatic heterocycles. The molecule has 4 heteroatoms. The zero-order valence-corrected chi connectivity index (χ0v) is 13.0. The zero-order chi connectivity index (χ0) is 14.2. The number of hydrogen-bond acceptors (Lipinski definition) is 1. The third-order valence-corrected chi connectivity index (χ3v) is 4.60. The van der Waals surface area contributed by atoms with E-state index in [-0.39, 0.29) is 5.82 Å². The molecule has 19 heavy (non-hydrogen) atoms. The molecular weight excluding hydrogens is 329 g/mol. The Bertz CT molecular complexity index is 605. The highest BCUT2D eigenvalue weighted by Gasteiger charge is 2.15. The SMILES string of the molecule is Cc1cc(C(N)c2ccc(Cl)cc2F)cc(C)c1Br. The number of aryl methyl sites for hydroxylation is 2. The van der Waals surface area contributed by atoms with Crippen molar-refractivity contribution in [2.24, 2.45) is 5.73 Å². The van der Waals surface area contributed by atoms with Gasteiger partial charge in [0, 0.05) is 15.1 Å². The molecule has 0 fully saturated rings. The fourth-order valence-electron chi connectivity index (χ4n) is 2.09. The van der Waals surface area contributed by atoms with E-state index in [2.05, 4.69) is 15.9 Å². The van der Waals surface area contributed by atoms with E-state index in [1.807, 2.05) is 26.0 Å². The third kappa shape index (κ3) is 2.99. The minimum atomic E-state index is -0.497. The van der Waals surface area contributed by atoms with Crippen molar-refractivity contribution in [2.45, 2.75) is 19.9 Å². The van der Waals surface area contributed by atoms with Crippen molar-refractivity contribution >= 4 is 27.5 Å². The minimum absolute atomic E-state index is 0.372. The average Bonchev–Trinajstić information content (AvgIpc) is 2.34.